The zero-order chi connectivity index (χ0) is 38.8. The molecule has 2 aliphatic heterocycles. The molecule has 0 bridgehead atoms. The van der Waals surface area contributed by atoms with Crippen LogP contribution in [-0.4, -0.2) is 32.9 Å². The lowest BCUT2D eigenvalue weighted by molar-refractivity contribution is 0.0129. The second kappa shape index (κ2) is 15.8. The molecule has 1 N–H and O–H groups in total. The fourth-order valence-corrected chi connectivity index (χ4v) is 8.05. The van der Waals surface area contributed by atoms with Crippen LogP contribution in [0.4, 0.5) is 11.4 Å². The van der Waals surface area contributed by atoms with Crippen molar-refractivity contribution in [3.05, 3.63) is 202 Å². The van der Waals surface area contributed by atoms with Gasteiger partial charge in [0.15, 0.2) is 0 Å². The molecule has 8 rings (SSSR count). The number of hydrogen-bond acceptors (Lipinski definition) is 3. The number of allylic oxidation sites excluding steroid dienone is 10. The van der Waals surface area contributed by atoms with E-state index >= 15 is 0 Å². The lowest BCUT2D eigenvalue weighted by Gasteiger charge is -2.25. The molecule has 56 heavy (non-hydrogen) atoms. The molecule has 0 amide bonds. The maximum absolute atomic E-state index is 6.57. The molecule has 0 spiro atoms. The van der Waals surface area contributed by atoms with E-state index in [1.807, 2.05) is 6.07 Å². The van der Waals surface area contributed by atoms with Crippen LogP contribution < -0.4 is 14.5 Å². The zero-order valence-electron chi connectivity index (χ0n) is 33.4. The van der Waals surface area contributed by atoms with Crippen molar-refractivity contribution in [2.75, 3.05) is 38.0 Å². The normalized spacial score (nSPS) is 17.9. The van der Waals surface area contributed by atoms with Crippen molar-refractivity contribution in [3.8, 4) is 11.5 Å². The highest BCUT2D eigenvalue weighted by atomic mass is 16.5. The fourth-order valence-electron chi connectivity index (χ4n) is 8.05. The molecule has 3 aliphatic rings. The van der Waals surface area contributed by atoms with Gasteiger partial charge in [-0.05, 0) is 109 Å². The third-order valence-electron chi connectivity index (χ3n) is 10.9. The van der Waals surface area contributed by atoms with Gasteiger partial charge in [0.25, 0.3) is 5.75 Å². The second-order valence-corrected chi connectivity index (χ2v) is 15.5. The van der Waals surface area contributed by atoms with E-state index in [1.165, 1.54) is 50.1 Å². The molecule has 4 nitrogen and oxygen atoms in total. The van der Waals surface area contributed by atoms with Gasteiger partial charge >= 0.3 is 0 Å². The third-order valence-corrected chi connectivity index (χ3v) is 10.9. The molecule has 4 heteroatoms. The Labute approximate surface area is 332 Å². The van der Waals surface area contributed by atoms with Crippen LogP contribution in [0.1, 0.15) is 64.3 Å². The summed E-state index contributed by atoms with van der Waals surface area (Å²) in [6.07, 6.45) is 17.0. The van der Waals surface area contributed by atoms with Gasteiger partial charge in [-0.3, -0.25) is 0 Å². The number of aliphatic hydroxyl groups is 1. The van der Waals surface area contributed by atoms with Gasteiger partial charge in [0.1, 0.15) is 11.5 Å². The number of rotatable bonds is 8. The van der Waals surface area contributed by atoms with Gasteiger partial charge in [-0.1, -0.05) is 102 Å². The first-order valence-electron chi connectivity index (χ1n) is 19.7. The molecule has 0 radical (unpaired) electrons. The van der Waals surface area contributed by atoms with Crippen LogP contribution in [-0.2, 0) is 0 Å². The first kappa shape index (κ1) is 36.7. The van der Waals surface area contributed by atoms with Gasteiger partial charge in [-0.2, -0.15) is 0 Å². The number of nitrogens with zero attached hydrogens (tertiary/aromatic N) is 2. The summed E-state index contributed by atoms with van der Waals surface area (Å²) in [5, 5.41) is 0. The average Bonchev–Trinajstić information content (AvgIpc) is 3.21. The van der Waals surface area contributed by atoms with Gasteiger partial charge in [-0.15, -0.1) is 0 Å². The maximum atomic E-state index is 6.57. The summed E-state index contributed by atoms with van der Waals surface area (Å²) in [4.78, 5) is 4.26. The van der Waals surface area contributed by atoms with E-state index in [4.69, 9.17) is 9.47 Å². The Morgan fingerprint density at radius 2 is 1.34 bits per heavy atom. The number of fused-ring (bicyclic) bond motifs is 2. The van der Waals surface area contributed by atoms with Crippen LogP contribution in [0.15, 0.2) is 163 Å². The second-order valence-electron chi connectivity index (χ2n) is 15.5. The van der Waals surface area contributed by atoms with Crippen molar-refractivity contribution in [1.29, 1.82) is 0 Å². The minimum absolute atomic E-state index is 0.0490. The van der Waals surface area contributed by atoms with Crippen molar-refractivity contribution >= 4 is 33.9 Å². The highest BCUT2D eigenvalue weighted by Gasteiger charge is 2.27. The lowest BCUT2D eigenvalue weighted by Crippen LogP contribution is -2.12. The minimum atomic E-state index is -0.0490. The van der Waals surface area contributed by atoms with Crippen molar-refractivity contribution in [3.63, 3.8) is 0 Å². The Hall–Kier alpha value is -6.26. The molecular formula is C52H51N2O2+. The molecule has 1 aliphatic carbocycles. The maximum Gasteiger partial charge on any atom is 0.265 e. The predicted molar refractivity (Wildman–Crippen MR) is 237 cm³/mol. The average molecular weight is 736 g/mol. The Bertz CT molecular complexity index is 2440. The monoisotopic (exact) mass is 735 g/mol. The van der Waals surface area contributed by atoms with Gasteiger partial charge in [0, 0.05) is 68.4 Å². The number of hydrogen-bond donors (Lipinski definition) is 0. The minimum Gasteiger partial charge on any atom is -0.574 e. The van der Waals surface area contributed by atoms with Crippen molar-refractivity contribution in [1.82, 2.24) is 0 Å². The Morgan fingerprint density at radius 1 is 0.661 bits per heavy atom. The predicted octanol–water partition coefficient (Wildman–Crippen LogP) is 12.5. The molecule has 2 heterocycles. The first-order chi connectivity index (χ1) is 27.2. The summed E-state index contributed by atoms with van der Waals surface area (Å²) in [6.45, 7) is 4.41. The summed E-state index contributed by atoms with van der Waals surface area (Å²) >= 11 is 0. The van der Waals surface area contributed by atoms with Crippen molar-refractivity contribution in [2.45, 2.75) is 39.2 Å². The van der Waals surface area contributed by atoms with Crippen LogP contribution in [0.2, 0.25) is 0 Å². The smallest absolute Gasteiger partial charge is 0.265 e. The van der Waals surface area contributed by atoms with E-state index in [1.54, 1.807) is 0 Å². The van der Waals surface area contributed by atoms with Crippen LogP contribution in [0.3, 0.4) is 0 Å². The zero-order valence-corrected chi connectivity index (χ0v) is 33.4. The summed E-state index contributed by atoms with van der Waals surface area (Å²) in [5.74, 6) is 2.76. The molecule has 5 aromatic carbocycles. The van der Waals surface area contributed by atoms with Gasteiger partial charge < -0.3 is 19.3 Å². The van der Waals surface area contributed by atoms with E-state index in [0.717, 1.165) is 64.6 Å². The first-order valence-corrected chi connectivity index (χ1v) is 19.7. The van der Waals surface area contributed by atoms with Crippen LogP contribution in [0.25, 0.3) is 22.5 Å². The Kier molecular flexibility index (Phi) is 10.4. The Balaban J connectivity index is 1.25. The fraction of sp³-hybridized carbons (Fsp3) is 0.192. The number of anilines is 2. The molecule has 0 saturated heterocycles. The molecule has 0 aromatic heterocycles. The van der Waals surface area contributed by atoms with E-state index < -0.39 is 0 Å². The number of ether oxygens (including phenoxy) is 2. The molecule has 280 valence electrons. The molecule has 0 fully saturated rings. The third kappa shape index (κ3) is 7.79. The molecule has 0 saturated carbocycles. The molecule has 1 unspecified atom stereocenters. The summed E-state index contributed by atoms with van der Waals surface area (Å²) < 4.78 is 11.8. The van der Waals surface area contributed by atoms with E-state index in [-0.39, 0.29) is 6.10 Å². The highest BCUT2D eigenvalue weighted by Crippen LogP contribution is 2.44. The largest absolute Gasteiger partial charge is 0.574 e. The molecule has 1 atom stereocenters. The van der Waals surface area contributed by atoms with Crippen LogP contribution in [0.5, 0.6) is 11.5 Å². The molecule has 5 aromatic rings. The van der Waals surface area contributed by atoms with Crippen molar-refractivity contribution < 1.29 is 9.47 Å². The molecular weight excluding hydrogens is 685 g/mol. The number of benzene rings is 5. The van der Waals surface area contributed by atoms with E-state index in [0.29, 0.717) is 0 Å². The highest BCUT2D eigenvalue weighted by molar-refractivity contribution is 5.91. The topological polar surface area (TPSA) is 28.5 Å². The summed E-state index contributed by atoms with van der Waals surface area (Å²) in [5.41, 5.74) is 17.0. The van der Waals surface area contributed by atoms with E-state index in [2.05, 4.69) is 197 Å². The van der Waals surface area contributed by atoms with Gasteiger partial charge in [0.05, 0.1) is 11.6 Å². The van der Waals surface area contributed by atoms with Gasteiger partial charge in [0.2, 0.25) is 6.10 Å². The van der Waals surface area contributed by atoms with E-state index in [9.17, 15) is 0 Å². The quantitative estimate of drug-likeness (QED) is 0.149. The van der Waals surface area contributed by atoms with Crippen molar-refractivity contribution in [2.24, 2.45) is 0 Å². The SMILES string of the molecule is Cc1cc(C)cc(C2=C(/C=C/C3=CC(c4ccccc4)[OH+]c4cc(N(C)C)ccc43)CCC/C2=C\C=C2/C=C(c3ccccc3)Oc3cc(N(C)C)ccc32)c1. The number of aryl methyl sites for hydroxylation is 2. The number of aromatic hydroxyl groups is 1. The standard InChI is InChI=1S/C52H50N2O2/c1-35-28-36(2)30-43(29-35)52-39(20-22-41-31-48(37-14-9-7-10-15-37)55-50-33-44(53(3)4)24-26-46(41)50)18-13-19-40(52)21-23-42-32-49(38-16-11-8-12-17-38)56-51-34-45(54(5)6)25-27-47(42)51/h7-12,14-17,20-34,48H,13,18-19H2,1-6H3/p+1/b22-20+,40-21+,42-23+. The summed E-state index contributed by atoms with van der Waals surface area (Å²) in [6, 6.07) is 41.1. The Morgan fingerprint density at radius 3 is 2.05 bits per heavy atom. The van der Waals surface area contributed by atoms with Crippen LogP contribution >= 0.6 is 0 Å². The lowest BCUT2D eigenvalue weighted by atomic mass is 9.81. The summed E-state index contributed by atoms with van der Waals surface area (Å²) in [7, 11) is 8.30. The van der Waals surface area contributed by atoms with Gasteiger partial charge in [-0.25, -0.2) is 0 Å². The van der Waals surface area contributed by atoms with Crippen LogP contribution in [0, 0.1) is 13.8 Å².